The molecule has 0 radical (unpaired) electrons. The molecule has 0 aliphatic heterocycles. The molecule has 1 aromatic carbocycles. The number of benzene rings is 1. The fourth-order valence-corrected chi connectivity index (χ4v) is 3.09. The number of alkyl halides is 2. The number of carbonyl (C=O) groups is 1. The Hall–Kier alpha value is -2.25. The van der Waals surface area contributed by atoms with E-state index in [1.165, 1.54) is 6.08 Å². The van der Waals surface area contributed by atoms with Crippen LogP contribution in [0.5, 0.6) is 5.75 Å². The number of allylic oxidation sites excluding steroid dienone is 2. The highest BCUT2D eigenvalue weighted by atomic mass is 19.3. The standard InChI is InChI=1S/C15H18F2O3.C10H18O2/c16-15(17,10-20-13-4-2-1-3-5-13)7-6-11-8-12(18)9-14(11)19;1-4-5-6-7-8-10(11)12-9(2)3/h1-7,11-12,14,18-19H,8-10H2;4-5,9H,6-8H2,1-3H3/b7-6+;5-4-. The second-order valence-corrected chi connectivity index (χ2v) is 8.08. The molecular weight excluding hydrogens is 418 g/mol. The third kappa shape index (κ3) is 12.6. The lowest BCUT2D eigenvalue weighted by Gasteiger charge is -2.15. The van der Waals surface area contributed by atoms with Crippen LogP contribution in [0.25, 0.3) is 0 Å². The maximum absolute atomic E-state index is 13.6. The van der Waals surface area contributed by atoms with Crippen molar-refractivity contribution in [1.29, 1.82) is 0 Å². The Morgan fingerprint density at radius 1 is 1.22 bits per heavy atom. The fourth-order valence-electron chi connectivity index (χ4n) is 3.09. The van der Waals surface area contributed by atoms with E-state index in [0.717, 1.165) is 18.9 Å². The van der Waals surface area contributed by atoms with Gasteiger partial charge in [0.2, 0.25) is 0 Å². The van der Waals surface area contributed by atoms with Crippen LogP contribution in [0.1, 0.15) is 52.9 Å². The molecule has 2 rings (SSSR count). The predicted molar refractivity (Wildman–Crippen MR) is 121 cm³/mol. The first kappa shape index (κ1) is 27.8. The summed E-state index contributed by atoms with van der Waals surface area (Å²) in [6.07, 6.45) is 7.64. The normalized spacial score (nSPS) is 21.1. The Morgan fingerprint density at radius 3 is 2.47 bits per heavy atom. The smallest absolute Gasteiger partial charge is 0.306 e. The first-order valence-electron chi connectivity index (χ1n) is 11.0. The van der Waals surface area contributed by atoms with Crippen molar-refractivity contribution in [2.45, 2.75) is 77.1 Å². The van der Waals surface area contributed by atoms with Gasteiger partial charge >= 0.3 is 5.97 Å². The molecule has 1 aliphatic carbocycles. The number of unbranched alkanes of at least 4 members (excludes halogenated alkanes) is 1. The molecule has 180 valence electrons. The molecular formula is C25H36F2O5. The van der Waals surface area contributed by atoms with Gasteiger partial charge in [-0.05, 0) is 64.7 Å². The Bertz CT molecular complexity index is 704. The van der Waals surface area contributed by atoms with E-state index in [0.29, 0.717) is 18.6 Å². The van der Waals surface area contributed by atoms with Crippen LogP contribution in [0.4, 0.5) is 8.78 Å². The van der Waals surface area contributed by atoms with E-state index in [4.69, 9.17) is 9.47 Å². The molecule has 0 spiro atoms. The summed E-state index contributed by atoms with van der Waals surface area (Å²) in [4.78, 5) is 11.0. The van der Waals surface area contributed by atoms with Crippen molar-refractivity contribution in [2.75, 3.05) is 6.61 Å². The summed E-state index contributed by atoms with van der Waals surface area (Å²) in [6, 6.07) is 8.41. The molecule has 0 saturated heterocycles. The van der Waals surface area contributed by atoms with Gasteiger partial charge in [0, 0.05) is 12.3 Å². The van der Waals surface area contributed by atoms with Gasteiger partial charge in [0.15, 0.2) is 6.61 Å². The molecule has 3 unspecified atom stereocenters. The van der Waals surface area contributed by atoms with Gasteiger partial charge < -0.3 is 19.7 Å². The molecule has 0 heterocycles. The van der Waals surface area contributed by atoms with Gasteiger partial charge in [0.05, 0.1) is 18.3 Å². The first-order valence-corrected chi connectivity index (χ1v) is 11.0. The quantitative estimate of drug-likeness (QED) is 0.293. The van der Waals surface area contributed by atoms with E-state index in [1.54, 1.807) is 30.3 Å². The molecule has 1 fully saturated rings. The van der Waals surface area contributed by atoms with E-state index in [-0.39, 0.29) is 18.5 Å². The number of aliphatic hydroxyl groups excluding tert-OH is 2. The molecule has 32 heavy (non-hydrogen) atoms. The number of carbonyl (C=O) groups excluding carboxylic acids is 1. The maximum Gasteiger partial charge on any atom is 0.306 e. The van der Waals surface area contributed by atoms with Gasteiger partial charge in [0.25, 0.3) is 5.92 Å². The summed E-state index contributed by atoms with van der Waals surface area (Å²) < 4.78 is 37.3. The van der Waals surface area contributed by atoms with Crippen molar-refractivity contribution in [3.05, 3.63) is 54.6 Å². The molecule has 5 nitrogen and oxygen atoms in total. The molecule has 1 aromatic rings. The molecule has 0 aromatic heterocycles. The predicted octanol–water partition coefficient (Wildman–Crippen LogP) is 5.07. The number of aliphatic hydroxyl groups is 2. The average Bonchev–Trinajstić information content (AvgIpc) is 3.06. The second kappa shape index (κ2) is 14.7. The zero-order valence-electron chi connectivity index (χ0n) is 19.1. The van der Waals surface area contributed by atoms with Crippen LogP contribution in [0.2, 0.25) is 0 Å². The Morgan fingerprint density at radius 2 is 1.91 bits per heavy atom. The van der Waals surface area contributed by atoms with Gasteiger partial charge in [-0.3, -0.25) is 4.79 Å². The van der Waals surface area contributed by atoms with Crippen LogP contribution in [0, 0.1) is 5.92 Å². The number of para-hydroxylation sites is 1. The summed E-state index contributed by atoms with van der Waals surface area (Å²) in [5.41, 5.74) is 0. The number of halogens is 2. The van der Waals surface area contributed by atoms with Crippen molar-refractivity contribution in [3.63, 3.8) is 0 Å². The summed E-state index contributed by atoms with van der Waals surface area (Å²) >= 11 is 0. The van der Waals surface area contributed by atoms with Crippen molar-refractivity contribution in [1.82, 2.24) is 0 Å². The van der Waals surface area contributed by atoms with E-state index < -0.39 is 30.7 Å². The van der Waals surface area contributed by atoms with Crippen molar-refractivity contribution in [2.24, 2.45) is 5.92 Å². The van der Waals surface area contributed by atoms with Gasteiger partial charge in [-0.25, -0.2) is 0 Å². The summed E-state index contributed by atoms with van der Waals surface area (Å²) in [5.74, 6) is -3.23. The third-order valence-electron chi connectivity index (χ3n) is 4.67. The van der Waals surface area contributed by atoms with Gasteiger partial charge in [-0.2, -0.15) is 8.78 Å². The zero-order valence-corrected chi connectivity index (χ0v) is 19.1. The highest BCUT2D eigenvalue weighted by molar-refractivity contribution is 5.69. The minimum atomic E-state index is -3.11. The van der Waals surface area contributed by atoms with Crippen molar-refractivity contribution < 1.29 is 33.3 Å². The van der Waals surface area contributed by atoms with E-state index >= 15 is 0 Å². The highest BCUT2D eigenvalue weighted by Crippen LogP contribution is 2.29. The number of hydrogen-bond donors (Lipinski definition) is 2. The van der Waals surface area contributed by atoms with E-state index in [9.17, 15) is 23.8 Å². The maximum atomic E-state index is 13.6. The van der Waals surface area contributed by atoms with Crippen LogP contribution >= 0.6 is 0 Å². The molecule has 0 amide bonds. The summed E-state index contributed by atoms with van der Waals surface area (Å²) in [5, 5.41) is 18.9. The average molecular weight is 455 g/mol. The SMILES string of the molecule is C/C=C\CCCC(=O)OC(C)C.OC1CC(O)C(/C=C/C(F)(F)COc2ccccc2)C1. The van der Waals surface area contributed by atoms with Crippen LogP contribution < -0.4 is 4.74 Å². The Kier molecular flexibility index (Phi) is 12.8. The second-order valence-electron chi connectivity index (χ2n) is 8.08. The third-order valence-corrected chi connectivity index (χ3v) is 4.67. The fraction of sp³-hybridized carbons (Fsp3) is 0.560. The molecule has 3 atom stereocenters. The van der Waals surface area contributed by atoms with Gasteiger partial charge in [-0.1, -0.05) is 36.4 Å². The van der Waals surface area contributed by atoms with Crippen molar-refractivity contribution >= 4 is 5.97 Å². The number of hydrogen-bond acceptors (Lipinski definition) is 5. The highest BCUT2D eigenvalue weighted by Gasteiger charge is 2.32. The van der Waals surface area contributed by atoms with Crippen LogP contribution in [-0.2, 0) is 9.53 Å². The Balaban J connectivity index is 0.000000368. The van der Waals surface area contributed by atoms with Crippen LogP contribution in [-0.4, -0.2) is 47.0 Å². The lowest BCUT2D eigenvalue weighted by molar-refractivity contribution is -0.147. The van der Waals surface area contributed by atoms with Crippen molar-refractivity contribution in [3.8, 4) is 5.75 Å². The first-order chi connectivity index (χ1) is 15.1. The van der Waals surface area contributed by atoms with E-state index in [2.05, 4.69) is 6.08 Å². The monoisotopic (exact) mass is 454 g/mol. The minimum absolute atomic E-state index is 0.0132. The lowest BCUT2D eigenvalue weighted by Crippen LogP contribution is -2.23. The van der Waals surface area contributed by atoms with Gasteiger partial charge in [0.1, 0.15) is 5.75 Å². The molecule has 7 heteroatoms. The largest absolute Gasteiger partial charge is 0.487 e. The molecule has 1 aliphatic rings. The Labute approximate surface area is 189 Å². The molecule has 2 N–H and O–H groups in total. The summed E-state index contributed by atoms with van der Waals surface area (Å²) in [6.45, 7) is 4.96. The molecule has 1 saturated carbocycles. The lowest BCUT2D eigenvalue weighted by atomic mass is 10.0. The number of rotatable bonds is 10. The minimum Gasteiger partial charge on any atom is -0.487 e. The topological polar surface area (TPSA) is 76.0 Å². The number of esters is 1. The van der Waals surface area contributed by atoms with Crippen LogP contribution in [0.15, 0.2) is 54.6 Å². The van der Waals surface area contributed by atoms with Gasteiger partial charge in [-0.15, -0.1) is 0 Å². The number of ether oxygens (including phenoxy) is 2. The van der Waals surface area contributed by atoms with E-state index in [1.807, 2.05) is 26.8 Å². The molecule has 0 bridgehead atoms. The summed E-state index contributed by atoms with van der Waals surface area (Å²) in [7, 11) is 0. The van der Waals surface area contributed by atoms with Crippen LogP contribution in [0.3, 0.4) is 0 Å². The zero-order chi connectivity index (χ0) is 24.0.